The van der Waals surface area contributed by atoms with Crippen LogP contribution in [0.5, 0.6) is 5.75 Å². The minimum absolute atomic E-state index is 0.263. The maximum Gasteiger partial charge on any atom is 0.128 e. The minimum atomic E-state index is -0.523. The SMILES string of the molecule is CCC1CCC2(C1)CC(O)c1ccc(F)cc1O2. The number of aliphatic hydroxyl groups is 1. The van der Waals surface area contributed by atoms with Gasteiger partial charge in [0.25, 0.3) is 0 Å². The quantitative estimate of drug-likeness (QED) is 0.825. The zero-order valence-electron chi connectivity index (χ0n) is 10.7. The molecule has 1 aliphatic carbocycles. The molecule has 0 saturated heterocycles. The number of halogens is 1. The molecule has 3 unspecified atom stereocenters. The Hall–Kier alpha value is -1.09. The summed E-state index contributed by atoms with van der Waals surface area (Å²) in [6, 6.07) is 4.42. The Kier molecular flexibility index (Phi) is 2.81. The predicted octanol–water partition coefficient (Wildman–Crippen LogP) is 3.59. The van der Waals surface area contributed by atoms with Gasteiger partial charge in [0.15, 0.2) is 0 Å². The number of rotatable bonds is 1. The molecule has 0 bridgehead atoms. The monoisotopic (exact) mass is 250 g/mol. The summed E-state index contributed by atoms with van der Waals surface area (Å²) >= 11 is 0. The van der Waals surface area contributed by atoms with Crippen LogP contribution in [-0.4, -0.2) is 10.7 Å². The largest absolute Gasteiger partial charge is 0.487 e. The molecule has 3 heteroatoms. The zero-order valence-corrected chi connectivity index (χ0v) is 10.7. The molecule has 1 heterocycles. The molecule has 1 aromatic rings. The van der Waals surface area contributed by atoms with E-state index in [4.69, 9.17) is 4.74 Å². The van der Waals surface area contributed by atoms with E-state index in [0.29, 0.717) is 18.1 Å². The summed E-state index contributed by atoms with van der Waals surface area (Å²) in [6.07, 6.45) is 4.37. The highest BCUT2D eigenvalue weighted by molar-refractivity contribution is 5.38. The lowest BCUT2D eigenvalue weighted by molar-refractivity contribution is -0.0124. The number of benzene rings is 1. The molecule has 1 N–H and O–H groups in total. The Balaban J connectivity index is 1.91. The summed E-state index contributed by atoms with van der Waals surface area (Å²) in [5.41, 5.74) is 0.461. The molecule has 2 nitrogen and oxygen atoms in total. The van der Waals surface area contributed by atoms with Crippen LogP contribution in [0.1, 0.15) is 50.7 Å². The minimum Gasteiger partial charge on any atom is -0.487 e. The maximum atomic E-state index is 13.3. The molecule has 18 heavy (non-hydrogen) atoms. The number of hydrogen-bond donors (Lipinski definition) is 1. The Morgan fingerprint density at radius 3 is 3.00 bits per heavy atom. The molecule has 1 aliphatic heterocycles. The molecular formula is C15H19FO2. The van der Waals surface area contributed by atoms with Gasteiger partial charge in [-0.3, -0.25) is 0 Å². The van der Waals surface area contributed by atoms with E-state index < -0.39 is 6.10 Å². The molecule has 1 saturated carbocycles. The van der Waals surface area contributed by atoms with E-state index in [-0.39, 0.29) is 11.4 Å². The lowest BCUT2D eigenvalue weighted by Gasteiger charge is -2.38. The van der Waals surface area contributed by atoms with Crippen molar-refractivity contribution in [1.82, 2.24) is 0 Å². The van der Waals surface area contributed by atoms with Gasteiger partial charge in [0.1, 0.15) is 17.2 Å². The first kappa shape index (κ1) is 12.0. The van der Waals surface area contributed by atoms with E-state index in [0.717, 1.165) is 31.2 Å². The van der Waals surface area contributed by atoms with Gasteiger partial charge in [-0.2, -0.15) is 0 Å². The molecule has 98 valence electrons. The van der Waals surface area contributed by atoms with E-state index in [1.165, 1.54) is 12.1 Å². The maximum absolute atomic E-state index is 13.3. The van der Waals surface area contributed by atoms with Crippen LogP contribution in [0, 0.1) is 11.7 Å². The molecule has 1 fully saturated rings. The fourth-order valence-electron chi connectivity index (χ4n) is 3.43. The van der Waals surface area contributed by atoms with Gasteiger partial charge in [0, 0.05) is 18.1 Å². The van der Waals surface area contributed by atoms with Crippen LogP contribution in [0.2, 0.25) is 0 Å². The van der Waals surface area contributed by atoms with Gasteiger partial charge in [-0.1, -0.05) is 13.3 Å². The van der Waals surface area contributed by atoms with E-state index in [1.54, 1.807) is 6.07 Å². The van der Waals surface area contributed by atoms with Crippen LogP contribution in [0.3, 0.4) is 0 Å². The highest BCUT2D eigenvalue weighted by Crippen LogP contribution is 2.49. The van der Waals surface area contributed by atoms with Gasteiger partial charge in [0.05, 0.1) is 6.10 Å². The molecule has 2 aliphatic rings. The van der Waals surface area contributed by atoms with Crippen LogP contribution < -0.4 is 4.74 Å². The molecule has 3 rings (SSSR count). The van der Waals surface area contributed by atoms with E-state index in [2.05, 4.69) is 6.92 Å². The Morgan fingerprint density at radius 2 is 2.28 bits per heavy atom. The lowest BCUT2D eigenvalue weighted by atomic mass is 9.86. The normalized spacial score (nSPS) is 34.4. The van der Waals surface area contributed by atoms with Crippen LogP contribution in [0.15, 0.2) is 18.2 Å². The summed E-state index contributed by atoms with van der Waals surface area (Å²) in [7, 11) is 0. The molecule has 1 spiro atoms. The van der Waals surface area contributed by atoms with Crippen molar-refractivity contribution in [3.05, 3.63) is 29.6 Å². The van der Waals surface area contributed by atoms with Crippen molar-refractivity contribution in [3.63, 3.8) is 0 Å². The topological polar surface area (TPSA) is 29.5 Å². The summed E-state index contributed by atoms with van der Waals surface area (Å²) in [4.78, 5) is 0. The lowest BCUT2D eigenvalue weighted by Crippen LogP contribution is -2.38. The molecule has 0 aromatic heterocycles. The molecule has 0 amide bonds. The smallest absolute Gasteiger partial charge is 0.128 e. The van der Waals surface area contributed by atoms with Gasteiger partial charge in [-0.05, 0) is 37.3 Å². The summed E-state index contributed by atoms with van der Waals surface area (Å²) < 4.78 is 19.3. The van der Waals surface area contributed by atoms with E-state index in [1.807, 2.05) is 0 Å². The van der Waals surface area contributed by atoms with Crippen molar-refractivity contribution in [2.75, 3.05) is 0 Å². The highest BCUT2D eigenvalue weighted by Gasteiger charge is 2.45. The van der Waals surface area contributed by atoms with Crippen LogP contribution >= 0.6 is 0 Å². The van der Waals surface area contributed by atoms with E-state index in [9.17, 15) is 9.50 Å². The average molecular weight is 250 g/mol. The fraction of sp³-hybridized carbons (Fsp3) is 0.600. The molecule has 0 radical (unpaired) electrons. The van der Waals surface area contributed by atoms with Gasteiger partial charge >= 0.3 is 0 Å². The average Bonchev–Trinajstić information content (AvgIpc) is 2.71. The zero-order chi connectivity index (χ0) is 12.8. The Bertz CT molecular complexity index is 460. The predicted molar refractivity (Wildman–Crippen MR) is 67.0 cm³/mol. The Morgan fingerprint density at radius 1 is 1.44 bits per heavy atom. The number of fused-ring (bicyclic) bond motifs is 1. The second kappa shape index (κ2) is 4.23. The van der Waals surface area contributed by atoms with Gasteiger partial charge < -0.3 is 9.84 Å². The second-order valence-electron chi connectivity index (χ2n) is 5.70. The second-order valence-corrected chi connectivity index (χ2v) is 5.70. The number of ether oxygens (including phenoxy) is 1. The third-order valence-corrected chi connectivity index (χ3v) is 4.47. The fourth-order valence-corrected chi connectivity index (χ4v) is 3.43. The van der Waals surface area contributed by atoms with Crippen LogP contribution in [0.4, 0.5) is 4.39 Å². The summed E-state index contributed by atoms with van der Waals surface area (Å²) in [5.74, 6) is 0.904. The standard InChI is InChI=1S/C15H19FO2/c1-2-10-5-6-15(8-10)9-13(17)12-4-3-11(16)7-14(12)18-15/h3-4,7,10,13,17H,2,5-6,8-9H2,1H3. The van der Waals surface area contributed by atoms with Crippen molar-refractivity contribution in [1.29, 1.82) is 0 Å². The summed E-state index contributed by atoms with van der Waals surface area (Å²) in [5, 5.41) is 10.2. The van der Waals surface area contributed by atoms with Crippen LogP contribution in [0.25, 0.3) is 0 Å². The Labute approximate surface area is 107 Å². The third-order valence-electron chi connectivity index (χ3n) is 4.47. The van der Waals surface area contributed by atoms with Crippen molar-refractivity contribution < 1.29 is 14.2 Å². The third kappa shape index (κ3) is 1.91. The highest BCUT2D eigenvalue weighted by atomic mass is 19.1. The van der Waals surface area contributed by atoms with Crippen molar-refractivity contribution in [3.8, 4) is 5.75 Å². The van der Waals surface area contributed by atoms with Crippen molar-refractivity contribution in [2.45, 2.75) is 50.7 Å². The van der Waals surface area contributed by atoms with Crippen molar-refractivity contribution in [2.24, 2.45) is 5.92 Å². The summed E-state index contributed by atoms with van der Waals surface area (Å²) in [6.45, 7) is 2.19. The van der Waals surface area contributed by atoms with E-state index >= 15 is 0 Å². The number of aliphatic hydroxyl groups excluding tert-OH is 1. The first-order valence-electron chi connectivity index (χ1n) is 6.78. The molecule has 1 aromatic carbocycles. The first-order valence-corrected chi connectivity index (χ1v) is 6.78. The first-order chi connectivity index (χ1) is 8.62. The van der Waals surface area contributed by atoms with Crippen LogP contribution in [-0.2, 0) is 0 Å². The van der Waals surface area contributed by atoms with Gasteiger partial charge in [-0.15, -0.1) is 0 Å². The molecular weight excluding hydrogens is 231 g/mol. The van der Waals surface area contributed by atoms with Gasteiger partial charge in [-0.25, -0.2) is 4.39 Å². The van der Waals surface area contributed by atoms with Crippen molar-refractivity contribution >= 4 is 0 Å². The molecule has 3 atom stereocenters. The van der Waals surface area contributed by atoms with Gasteiger partial charge in [0.2, 0.25) is 0 Å². The number of hydrogen-bond acceptors (Lipinski definition) is 2.